The molecule has 2 N–H and O–H groups in total. The van der Waals surface area contributed by atoms with Crippen LogP contribution in [0.15, 0.2) is 83.5 Å². The first-order valence-corrected chi connectivity index (χ1v) is 12.5. The quantitative estimate of drug-likeness (QED) is 0.210. The Balaban J connectivity index is 1.46. The maximum atomic E-state index is 13.0. The van der Waals surface area contributed by atoms with E-state index in [0.29, 0.717) is 29.2 Å². The number of hydrogen-bond donors (Lipinski definition) is 2. The van der Waals surface area contributed by atoms with Crippen LogP contribution in [0.4, 0.5) is 17.1 Å². The fourth-order valence-corrected chi connectivity index (χ4v) is 3.95. The molecule has 0 saturated heterocycles. The second kappa shape index (κ2) is 11.7. The van der Waals surface area contributed by atoms with E-state index in [1.807, 2.05) is 13.8 Å². The van der Waals surface area contributed by atoms with Crippen molar-refractivity contribution in [2.45, 2.75) is 26.7 Å². The van der Waals surface area contributed by atoms with Gasteiger partial charge < -0.3 is 15.4 Å². The highest BCUT2D eigenvalue weighted by Crippen LogP contribution is 2.30. The molecule has 1 heterocycles. The summed E-state index contributed by atoms with van der Waals surface area (Å²) < 4.78 is 5.23. The minimum Gasteiger partial charge on any atom is -0.462 e. The van der Waals surface area contributed by atoms with Gasteiger partial charge in [-0.3, -0.25) is 14.4 Å². The number of benzene rings is 3. The molecule has 9 heteroatoms. The number of amides is 3. The standard InChI is InChI=1S/C29H26ClN3O5/c1-3-4-15-38-29(37)20-8-6-10-22(17-20)32-26(34)19-7-5-9-21(16-19)31-25-24(30)27(35)33(28(25)36)23-13-11-18(2)12-14-23/h5-14,16-17,31H,3-4,15H2,1-2H3,(H,32,34). The number of anilines is 3. The molecular formula is C29H26ClN3O5. The predicted octanol–water partition coefficient (Wildman–Crippen LogP) is 5.64. The van der Waals surface area contributed by atoms with Crippen LogP contribution in [0.2, 0.25) is 0 Å². The summed E-state index contributed by atoms with van der Waals surface area (Å²) in [6, 6.07) is 19.8. The lowest BCUT2D eigenvalue weighted by atomic mass is 10.1. The molecule has 1 aliphatic rings. The summed E-state index contributed by atoms with van der Waals surface area (Å²) in [6.45, 7) is 4.24. The molecule has 4 rings (SSSR count). The van der Waals surface area contributed by atoms with Gasteiger partial charge in [-0.15, -0.1) is 0 Å². The van der Waals surface area contributed by atoms with Crippen molar-refractivity contribution >= 4 is 52.4 Å². The van der Waals surface area contributed by atoms with Crippen LogP contribution in [0, 0.1) is 6.92 Å². The first kappa shape index (κ1) is 26.6. The lowest BCUT2D eigenvalue weighted by Crippen LogP contribution is -2.32. The second-order valence-corrected chi connectivity index (χ2v) is 9.08. The number of nitrogens with one attached hydrogen (secondary N) is 2. The van der Waals surface area contributed by atoms with Crippen molar-refractivity contribution in [3.8, 4) is 0 Å². The van der Waals surface area contributed by atoms with Gasteiger partial charge in [-0.1, -0.05) is 54.8 Å². The van der Waals surface area contributed by atoms with Crippen molar-refractivity contribution in [1.29, 1.82) is 0 Å². The van der Waals surface area contributed by atoms with Gasteiger partial charge >= 0.3 is 5.97 Å². The van der Waals surface area contributed by atoms with Crippen molar-refractivity contribution < 1.29 is 23.9 Å². The van der Waals surface area contributed by atoms with Crippen molar-refractivity contribution in [2.24, 2.45) is 0 Å². The number of ether oxygens (including phenoxy) is 1. The molecule has 3 aromatic rings. The largest absolute Gasteiger partial charge is 0.462 e. The van der Waals surface area contributed by atoms with Gasteiger partial charge in [0.2, 0.25) is 0 Å². The summed E-state index contributed by atoms with van der Waals surface area (Å²) in [5.41, 5.74) is 2.75. The van der Waals surface area contributed by atoms with Gasteiger partial charge in [0, 0.05) is 16.9 Å². The Kier molecular flexibility index (Phi) is 8.23. The first-order chi connectivity index (χ1) is 18.3. The zero-order valence-electron chi connectivity index (χ0n) is 20.9. The minimum atomic E-state index is -0.634. The molecule has 0 aliphatic carbocycles. The summed E-state index contributed by atoms with van der Waals surface area (Å²) in [5.74, 6) is -2.12. The number of hydrogen-bond acceptors (Lipinski definition) is 6. The molecule has 194 valence electrons. The summed E-state index contributed by atoms with van der Waals surface area (Å²) in [7, 11) is 0. The average Bonchev–Trinajstić information content (AvgIpc) is 3.12. The number of rotatable bonds is 9. The number of halogens is 1. The fraction of sp³-hybridized carbons (Fsp3) is 0.172. The third-order valence-corrected chi connectivity index (χ3v) is 6.15. The minimum absolute atomic E-state index is 0.0795. The summed E-state index contributed by atoms with van der Waals surface area (Å²) >= 11 is 6.23. The molecule has 0 fully saturated rings. The van der Waals surface area contributed by atoms with Crippen LogP contribution in [0.25, 0.3) is 0 Å². The van der Waals surface area contributed by atoms with E-state index in [0.717, 1.165) is 23.3 Å². The predicted molar refractivity (Wildman–Crippen MR) is 146 cm³/mol. The molecule has 0 saturated carbocycles. The van der Waals surface area contributed by atoms with E-state index in [1.54, 1.807) is 66.7 Å². The number of nitrogens with zero attached hydrogens (tertiary/aromatic N) is 1. The average molecular weight is 532 g/mol. The van der Waals surface area contributed by atoms with Gasteiger partial charge in [0.25, 0.3) is 17.7 Å². The highest BCUT2D eigenvalue weighted by atomic mass is 35.5. The van der Waals surface area contributed by atoms with Gasteiger partial charge in [-0.05, 0) is 61.9 Å². The Morgan fingerprint density at radius 3 is 2.26 bits per heavy atom. The number of carbonyl (C=O) groups excluding carboxylic acids is 4. The summed E-state index contributed by atoms with van der Waals surface area (Å²) in [4.78, 5) is 51.9. The zero-order chi connectivity index (χ0) is 27.2. The maximum Gasteiger partial charge on any atom is 0.338 e. The second-order valence-electron chi connectivity index (χ2n) is 8.70. The van der Waals surface area contributed by atoms with Crippen LogP contribution in [0.5, 0.6) is 0 Å². The van der Waals surface area contributed by atoms with E-state index in [9.17, 15) is 19.2 Å². The Morgan fingerprint density at radius 2 is 1.55 bits per heavy atom. The van der Waals surface area contributed by atoms with Gasteiger partial charge in [0.1, 0.15) is 10.7 Å². The van der Waals surface area contributed by atoms with Crippen LogP contribution in [0.3, 0.4) is 0 Å². The van der Waals surface area contributed by atoms with Crippen molar-refractivity contribution in [3.63, 3.8) is 0 Å². The van der Waals surface area contributed by atoms with Crippen LogP contribution in [-0.2, 0) is 14.3 Å². The van der Waals surface area contributed by atoms with Gasteiger partial charge in [0.05, 0.1) is 17.9 Å². The molecular weight excluding hydrogens is 506 g/mol. The van der Waals surface area contributed by atoms with Crippen molar-refractivity contribution in [3.05, 3.63) is 100 Å². The van der Waals surface area contributed by atoms with Crippen LogP contribution in [0.1, 0.15) is 46.0 Å². The number of imide groups is 1. The SMILES string of the molecule is CCCCOC(=O)c1cccc(NC(=O)c2cccc(NC3=C(Cl)C(=O)N(c4ccc(C)cc4)C3=O)c2)c1. The lowest BCUT2D eigenvalue weighted by molar-refractivity contribution is -0.120. The molecule has 0 unspecified atom stereocenters. The lowest BCUT2D eigenvalue weighted by Gasteiger charge is -2.15. The molecule has 0 radical (unpaired) electrons. The van der Waals surface area contributed by atoms with E-state index in [-0.39, 0.29) is 16.3 Å². The maximum absolute atomic E-state index is 13.0. The highest BCUT2D eigenvalue weighted by Gasteiger charge is 2.39. The van der Waals surface area contributed by atoms with Gasteiger partial charge in [-0.2, -0.15) is 0 Å². The Hall–Kier alpha value is -4.43. The number of carbonyl (C=O) groups is 4. The molecule has 0 aromatic heterocycles. The van der Waals surface area contributed by atoms with Crippen LogP contribution >= 0.6 is 11.6 Å². The molecule has 8 nitrogen and oxygen atoms in total. The number of aryl methyl sites for hydroxylation is 1. The van der Waals surface area contributed by atoms with E-state index in [2.05, 4.69) is 10.6 Å². The number of esters is 1. The van der Waals surface area contributed by atoms with Crippen molar-refractivity contribution in [2.75, 3.05) is 22.1 Å². The molecule has 3 amide bonds. The molecule has 1 aliphatic heterocycles. The topological polar surface area (TPSA) is 105 Å². The Morgan fingerprint density at radius 1 is 0.895 bits per heavy atom. The first-order valence-electron chi connectivity index (χ1n) is 12.1. The third-order valence-electron chi connectivity index (χ3n) is 5.80. The highest BCUT2D eigenvalue weighted by molar-refractivity contribution is 6.53. The fourth-order valence-electron chi connectivity index (χ4n) is 3.74. The van der Waals surface area contributed by atoms with E-state index < -0.39 is 23.7 Å². The molecule has 0 bridgehead atoms. The third kappa shape index (κ3) is 5.92. The zero-order valence-corrected chi connectivity index (χ0v) is 21.7. The Labute approximate surface area is 225 Å². The number of unbranched alkanes of at least 4 members (excludes halogenated alkanes) is 1. The molecule has 0 atom stereocenters. The normalized spacial score (nSPS) is 13.1. The summed E-state index contributed by atoms with van der Waals surface area (Å²) in [5, 5.41) is 5.40. The van der Waals surface area contributed by atoms with Gasteiger partial charge in [0.15, 0.2) is 0 Å². The van der Waals surface area contributed by atoms with Crippen molar-refractivity contribution in [1.82, 2.24) is 0 Å². The Bertz CT molecular complexity index is 1430. The van der Waals surface area contributed by atoms with E-state index >= 15 is 0 Å². The molecule has 38 heavy (non-hydrogen) atoms. The monoisotopic (exact) mass is 531 g/mol. The van der Waals surface area contributed by atoms with E-state index in [1.165, 1.54) is 6.07 Å². The smallest absolute Gasteiger partial charge is 0.338 e. The molecule has 3 aromatic carbocycles. The molecule has 0 spiro atoms. The van der Waals surface area contributed by atoms with Crippen LogP contribution < -0.4 is 15.5 Å². The summed E-state index contributed by atoms with van der Waals surface area (Å²) in [6.07, 6.45) is 1.69. The van der Waals surface area contributed by atoms with Crippen LogP contribution in [-0.4, -0.2) is 30.3 Å². The van der Waals surface area contributed by atoms with Gasteiger partial charge in [-0.25, -0.2) is 9.69 Å². The van der Waals surface area contributed by atoms with E-state index in [4.69, 9.17) is 16.3 Å².